The lowest BCUT2D eigenvalue weighted by molar-refractivity contribution is 0.388. The van der Waals surface area contributed by atoms with Gasteiger partial charge in [0.2, 0.25) is 0 Å². The summed E-state index contributed by atoms with van der Waals surface area (Å²) in [6.45, 7) is 0. The number of hydrogen-bond donors (Lipinski definition) is 0. The third kappa shape index (κ3) is 1.47. The predicted octanol–water partition coefficient (Wildman–Crippen LogP) is 5.90. The first kappa shape index (κ1) is 16.2. The highest BCUT2D eigenvalue weighted by Crippen LogP contribution is 2.79. The SMILES string of the molecule is Cl[13C]1=[13C](Cl)[13C@@]2(Cl)[13C@H]3[13C@H]([13C@H](Cl)[13CH](Cl)[13C@@H]3Cl)[13C@@]1(Cl)[13C]2(Cl)Cl. The van der Waals surface area contributed by atoms with Crippen molar-refractivity contribution in [1.82, 2.24) is 0 Å². The Morgan fingerprint density at radius 2 is 0.947 bits per heavy atom. The van der Waals surface area contributed by atoms with Crippen molar-refractivity contribution in [3.8, 4) is 0 Å². The maximum Gasteiger partial charge on any atom is 0.166 e. The second kappa shape index (κ2) is 4.46. The molecule has 0 heterocycles. The van der Waals surface area contributed by atoms with Gasteiger partial charge in [-0.15, -0.1) is 58.0 Å². The molecule has 2 fully saturated rings. The lowest BCUT2D eigenvalue weighted by Crippen LogP contribution is -2.48. The fourth-order valence-electron chi connectivity index (χ4n) is 3.47. The van der Waals surface area contributed by atoms with Crippen molar-refractivity contribution in [3.05, 3.63) is 10.1 Å². The Bertz CT molecular complexity index is 447. The van der Waals surface area contributed by atoms with Gasteiger partial charge in [-0.1, -0.05) is 46.4 Å². The topological polar surface area (TPSA) is 0 Å². The van der Waals surface area contributed by atoms with E-state index < -0.39 is 42.0 Å². The molecule has 3 aliphatic rings. The van der Waals surface area contributed by atoms with Crippen LogP contribution in [0.4, 0.5) is 0 Å². The number of halogens is 9. The van der Waals surface area contributed by atoms with Crippen molar-refractivity contribution in [3.63, 3.8) is 0 Å². The van der Waals surface area contributed by atoms with Crippen molar-refractivity contribution in [2.45, 2.75) is 30.2 Å². The molecule has 0 nitrogen and oxygen atoms in total. The van der Waals surface area contributed by atoms with Gasteiger partial charge in [0.05, 0.1) is 26.2 Å². The Morgan fingerprint density at radius 3 is 1.26 bits per heavy atom. The number of alkyl halides is 7. The third-order valence-electron chi connectivity index (χ3n) is 4.35. The zero-order chi connectivity index (χ0) is 14.5. The van der Waals surface area contributed by atoms with Crippen LogP contribution in [0.25, 0.3) is 0 Å². The zero-order valence-electron chi connectivity index (χ0n) is 8.79. The van der Waals surface area contributed by atoms with E-state index in [2.05, 4.69) is 0 Å². The number of fused-ring (bicyclic) bond motifs is 5. The van der Waals surface area contributed by atoms with Crippen LogP contribution in [0, 0.1) is 11.8 Å². The molecule has 0 amide bonds. The average Bonchev–Trinajstić information content (AvgIpc) is 2.69. The molecule has 0 aromatic rings. The smallest absolute Gasteiger partial charge is 0.121 e. The maximum absolute atomic E-state index is 6.63. The van der Waals surface area contributed by atoms with Gasteiger partial charge in [0, 0.05) is 11.8 Å². The van der Waals surface area contributed by atoms with E-state index in [0.717, 1.165) is 0 Å². The number of allylic oxidation sites excluding steroid dienone is 2. The van der Waals surface area contributed by atoms with Crippen LogP contribution >= 0.6 is 104 Å². The summed E-state index contributed by atoms with van der Waals surface area (Å²) < 4.78 is -1.61. The lowest BCUT2D eigenvalue weighted by atomic mass is 10.8. The van der Waals surface area contributed by atoms with Crippen LogP contribution in [-0.4, -0.2) is 30.2 Å². The molecule has 0 radical (unpaired) electrons. The van der Waals surface area contributed by atoms with Gasteiger partial charge in [0.1, 0.15) is 9.75 Å². The van der Waals surface area contributed by atoms with E-state index in [9.17, 15) is 0 Å². The van der Waals surface area contributed by atoms with Crippen LogP contribution in [0.3, 0.4) is 0 Å². The largest absolute Gasteiger partial charge is 0.166 e. The highest BCUT2D eigenvalue weighted by molar-refractivity contribution is 6.66. The zero-order valence-corrected chi connectivity index (χ0v) is 15.6. The van der Waals surface area contributed by atoms with E-state index in [1.54, 1.807) is 0 Å². The fraction of sp³-hybridized carbons (Fsp3) is 0.800. The molecule has 108 valence electrons. The summed E-state index contributed by atoms with van der Waals surface area (Å²) in [7, 11) is 0. The van der Waals surface area contributed by atoms with Crippen LogP contribution < -0.4 is 0 Å². The molecule has 3 aliphatic carbocycles. The van der Waals surface area contributed by atoms with Crippen LogP contribution in [0.1, 0.15) is 0 Å². The van der Waals surface area contributed by atoms with Crippen molar-refractivity contribution in [2.75, 3.05) is 0 Å². The number of rotatable bonds is 0. The van der Waals surface area contributed by atoms with Crippen molar-refractivity contribution < 1.29 is 0 Å². The van der Waals surface area contributed by atoms with Gasteiger partial charge in [-0.2, -0.15) is 0 Å². The molecule has 7 atom stereocenters. The van der Waals surface area contributed by atoms with Crippen molar-refractivity contribution >= 4 is 104 Å². The predicted molar refractivity (Wildman–Crippen MR) is 86.2 cm³/mol. The summed E-state index contributed by atoms with van der Waals surface area (Å²) in [6, 6.07) is 0. The first-order chi connectivity index (χ1) is 8.54. The number of hydrogen-bond acceptors (Lipinski definition) is 0. The van der Waals surface area contributed by atoms with Gasteiger partial charge in [-0.3, -0.25) is 0 Å². The van der Waals surface area contributed by atoms with Gasteiger partial charge >= 0.3 is 0 Å². The average molecular weight is 454 g/mol. The lowest BCUT2D eigenvalue weighted by Gasteiger charge is -2.35. The molecule has 0 saturated heterocycles. The summed E-state index contributed by atoms with van der Waals surface area (Å²) in [5.41, 5.74) is 0. The van der Waals surface area contributed by atoms with Crippen molar-refractivity contribution in [1.29, 1.82) is 0 Å². The monoisotopic (exact) mass is 450 g/mol. The minimum atomic E-state index is -1.61. The van der Waals surface area contributed by atoms with Gasteiger partial charge in [0.25, 0.3) is 0 Å². The van der Waals surface area contributed by atoms with Crippen molar-refractivity contribution in [2.24, 2.45) is 11.8 Å². The molecule has 2 saturated carbocycles. The van der Waals surface area contributed by atoms with Gasteiger partial charge < -0.3 is 0 Å². The molecule has 9 heteroatoms. The third-order valence-corrected chi connectivity index (χ3v) is 10.5. The quantitative estimate of drug-likeness (QED) is 0.316. The molecule has 0 aliphatic heterocycles. The molecule has 0 spiro atoms. The molecule has 0 aromatic carbocycles. The fourth-order valence-corrected chi connectivity index (χ4v) is 8.08. The van der Waals surface area contributed by atoms with Crippen LogP contribution in [-0.2, 0) is 0 Å². The molecule has 3 rings (SSSR count). The Balaban J connectivity index is 2.29. The van der Waals surface area contributed by atoms with E-state index in [0.29, 0.717) is 0 Å². The normalized spacial score (nSPS) is 58.9. The molecule has 2 bridgehead atoms. The van der Waals surface area contributed by atoms with Crippen LogP contribution in [0.2, 0.25) is 0 Å². The summed E-state index contributed by atoms with van der Waals surface area (Å²) in [4.78, 5) is -2.77. The second-order valence-electron chi connectivity index (χ2n) is 5.01. The van der Waals surface area contributed by atoms with Crippen LogP contribution in [0.5, 0.6) is 0 Å². The van der Waals surface area contributed by atoms with E-state index in [1.165, 1.54) is 0 Å². The van der Waals surface area contributed by atoms with Crippen LogP contribution in [0.15, 0.2) is 10.1 Å². The van der Waals surface area contributed by atoms with Gasteiger partial charge in [-0.25, -0.2) is 0 Å². The Labute approximate surface area is 155 Å². The second-order valence-corrected chi connectivity index (χ2v) is 9.80. The summed E-state index contributed by atoms with van der Waals surface area (Å²) >= 11 is 57.4. The van der Waals surface area contributed by atoms with E-state index in [4.69, 9.17) is 104 Å². The molecular weight excluding hydrogens is 449 g/mol. The summed E-state index contributed by atoms with van der Waals surface area (Å²) in [5.74, 6) is -0.910. The first-order valence-corrected chi connectivity index (χ1v) is 8.86. The maximum atomic E-state index is 6.63. The first-order valence-electron chi connectivity index (χ1n) is 5.28. The van der Waals surface area contributed by atoms with E-state index >= 15 is 0 Å². The Morgan fingerprint density at radius 1 is 0.632 bits per heavy atom. The summed E-state index contributed by atoms with van der Waals surface area (Å²) in [6.07, 6.45) is 0. The van der Waals surface area contributed by atoms with Gasteiger partial charge in [0.15, 0.2) is 4.33 Å². The minimum Gasteiger partial charge on any atom is -0.121 e. The van der Waals surface area contributed by atoms with E-state index in [1.807, 2.05) is 0 Å². The minimum absolute atomic E-state index is 0.123. The molecule has 19 heavy (non-hydrogen) atoms. The van der Waals surface area contributed by atoms with E-state index in [-0.39, 0.29) is 10.1 Å². The molecule has 1 unspecified atom stereocenters. The summed E-state index contributed by atoms with van der Waals surface area (Å²) in [5, 5.41) is -1.38. The molecule has 0 aromatic heterocycles. The standard InChI is InChI=1S/C10H5Cl9/c11-3-1-2(4(12)5(3)13)9(17)7(15)6(14)8(1,16)10(9,18)19/h1-5H/t1-,2+,3+,4-,5?,8-,9-/m0/s1/i1+1,2+1,3+1,4+1,5+1,6+1,7+1,8+1,9+1,10+1. The van der Waals surface area contributed by atoms with Gasteiger partial charge in [-0.05, 0) is 0 Å². The molecular formula is C10H5Cl9. The highest BCUT2D eigenvalue weighted by Gasteiger charge is 2.86. The Hall–Kier alpha value is 2.35. The molecule has 0 N–H and O–H groups in total. The highest BCUT2D eigenvalue weighted by atomic mass is 35.5. The Kier molecular flexibility index (Phi) is 3.80.